The molecule has 0 aromatic carbocycles. The smallest absolute Gasteiger partial charge is 0.138 e. The van der Waals surface area contributed by atoms with E-state index in [1.807, 2.05) is 0 Å². The number of likely N-dealkylation sites (tertiary alicyclic amines) is 1. The number of nitrogens with zero attached hydrogens (tertiary/aromatic N) is 3. The van der Waals surface area contributed by atoms with Gasteiger partial charge in [0.05, 0.1) is 5.39 Å². The highest BCUT2D eigenvalue weighted by atomic mass is 32.1. The number of thiophene rings is 1. The monoisotopic (exact) mass is 291 g/mol. The fraction of sp³-hybridized carbons (Fsp3) is 0.571. The maximum absolute atomic E-state index is 6.30. The topological polar surface area (TPSA) is 67.1 Å². The molecule has 1 aliphatic rings. The molecule has 1 fully saturated rings. The van der Waals surface area contributed by atoms with E-state index in [9.17, 15) is 0 Å². The van der Waals surface area contributed by atoms with E-state index >= 15 is 0 Å². The molecule has 2 aromatic rings. The normalized spacial score (nSPS) is 24.1. The molecule has 0 bridgehead atoms. The van der Waals surface area contributed by atoms with Crippen molar-refractivity contribution in [3.63, 3.8) is 0 Å². The van der Waals surface area contributed by atoms with Gasteiger partial charge in [-0.25, -0.2) is 9.97 Å². The molecular formula is C14H21N5S. The number of fused-ring (bicyclic) bond motifs is 1. The van der Waals surface area contributed by atoms with Crippen molar-refractivity contribution < 1.29 is 0 Å². The third kappa shape index (κ3) is 2.63. The molecule has 1 saturated heterocycles. The van der Waals surface area contributed by atoms with Crippen molar-refractivity contribution in [1.82, 2.24) is 14.9 Å². The first-order valence-electron chi connectivity index (χ1n) is 7.13. The van der Waals surface area contributed by atoms with E-state index in [0.717, 1.165) is 42.1 Å². The number of hydrogen-bond donors (Lipinski definition) is 2. The maximum Gasteiger partial charge on any atom is 0.138 e. The van der Waals surface area contributed by atoms with Crippen molar-refractivity contribution in [1.29, 1.82) is 0 Å². The second-order valence-electron chi connectivity index (χ2n) is 5.39. The molecule has 1 aliphatic heterocycles. The molecule has 3 rings (SSSR count). The predicted molar refractivity (Wildman–Crippen MR) is 84.3 cm³/mol. The van der Waals surface area contributed by atoms with Crippen LogP contribution in [0.4, 0.5) is 5.82 Å². The van der Waals surface area contributed by atoms with Crippen molar-refractivity contribution in [3.8, 4) is 0 Å². The lowest BCUT2D eigenvalue weighted by atomic mass is 10.00. The second-order valence-corrected chi connectivity index (χ2v) is 6.63. The van der Waals surface area contributed by atoms with Crippen LogP contribution in [0.2, 0.25) is 0 Å². The fourth-order valence-corrected chi connectivity index (χ4v) is 3.63. The van der Waals surface area contributed by atoms with E-state index in [1.54, 1.807) is 17.7 Å². The van der Waals surface area contributed by atoms with Crippen LogP contribution >= 0.6 is 11.3 Å². The molecule has 2 aromatic heterocycles. The molecule has 108 valence electrons. The average molecular weight is 291 g/mol. The second kappa shape index (κ2) is 5.63. The van der Waals surface area contributed by atoms with Gasteiger partial charge in [0, 0.05) is 30.1 Å². The van der Waals surface area contributed by atoms with Gasteiger partial charge in [0.15, 0.2) is 0 Å². The van der Waals surface area contributed by atoms with E-state index in [1.165, 1.54) is 4.88 Å². The number of nitrogens with two attached hydrogens (primary N) is 1. The van der Waals surface area contributed by atoms with Crippen molar-refractivity contribution in [2.24, 2.45) is 5.73 Å². The van der Waals surface area contributed by atoms with Gasteiger partial charge in [-0.15, -0.1) is 11.3 Å². The van der Waals surface area contributed by atoms with Crippen molar-refractivity contribution in [2.45, 2.75) is 32.4 Å². The minimum absolute atomic E-state index is 0.147. The summed E-state index contributed by atoms with van der Waals surface area (Å²) in [7, 11) is 0. The van der Waals surface area contributed by atoms with Crippen LogP contribution in [0, 0.1) is 6.92 Å². The summed E-state index contributed by atoms with van der Waals surface area (Å²) in [4.78, 5) is 13.4. The molecule has 2 unspecified atom stereocenters. The third-order valence-corrected chi connectivity index (χ3v) is 4.92. The Kier molecular flexibility index (Phi) is 3.87. The molecule has 6 heteroatoms. The standard InChI is InChI=1S/C14H21N5S/c1-3-19-5-4-12(11(15)7-19)18-13-10-6-9(2)20-14(10)17-8-16-13/h6,8,11-12H,3-5,7,15H2,1-2H3,(H,16,17,18). The summed E-state index contributed by atoms with van der Waals surface area (Å²) in [6.45, 7) is 7.40. The first-order valence-corrected chi connectivity index (χ1v) is 7.94. The van der Waals surface area contributed by atoms with Crippen LogP contribution in [0.25, 0.3) is 10.2 Å². The Bertz CT molecular complexity index is 596. The summed E-state index contributed by atoms with van der Waals surface area (Å²) < 4.78 is 0. The Morgan fingerprint density at radius 3 is 3.10 bits per heavy atom. The fourth-order valence-electron chi connectivity index (χ4n) is 2.79. The molecule has 2 atom stereocenters. The number of hydrogen-bond acceptors (Lipinski definition) is 6. The van der Waals surface area contributed by atoms with Gasteiger partial charge in [0.25, 0.3) is 0 Å². The zero-order chi connectivity index (χ0) is 14.1. The Morgan fingerprint density at radius 2 is 2.35 bits per heavy atom. The van der Waals surface area contributed by atoms with E-state index in [4.69, 9.17) is 5.73 Å². The number of piperidine rings is 1. The molecule has 0 amide bonds. The maximum atomic E-state index is 6.30. The summed E-state index contributed by atoms with van der Waals surface area (Å²) in [6, 6.07) is 2.58. The van der Waals surface area contributed by atoms with Gasteiger partial charge in [0.1, 0.15) is 17.0 Å². The van der Waals surface area contributed by atoms with Crippen molar-refractivity contribution in [3.05, 3.63) is 17.3 Å². The number of aromatic nitrogens is 2. The largest absolute Gasteiger partial charge is 0.365 e. The predicted octanol–water partition coefficient (Wildman–Crippen LogP) is 1.83. The lowest BCUT2D eigenvalue weighted by Crippen LogP contribution is -2.54. The molecular weight excluding hydrogens is 270 g/mol. The molecule has 5 nitrogen and oxygen atoms in total. The molecule has 0 aliphatic carbocycles. The zero-order valence-electron chi connectivity index (χ0n) is 12.0. The van der Waals surface area contributed by atoms with E-state index in [-0.39, 0.29) is 12.1 Å². The van der Waals surface area contributed by atoms with Crippen LogP contribution in [-0.2, 0) is 0 Å². The lowest BCUT2D eigenvalue weighted by molar-refractivity contribution is 0.207. The summed E-state index contributed by atoms with van der Waals surface area (Å²) in [5.74, 6) is 0.921. The SMILES string of the molecule is CCN1CCC(Nc2ncnc3sc(C)cc23)C(N)C1. The van der Waals surface area contributed by atoms with Crippen LogP contribution in [0.3, 0.4) is 0 Å². The van der Waals surface area contributed by atoms with Crippen LogP contribution in [0.15, 0.2) is 12.4 Å². The van der Waals surface area contributed by atoms with Gasteiger partial charge < -0.3 is 16.0 Å². The molecule has 0 saturated carbocycles. The zero-order valence-corrected chi connectivity index (χ0v) is 12.8. The van der Waals surface area contributed by atoms with Gasteiger partial charge in [-0.05, 0) is 26.0 Å². The summed E-state index contributed by atoms with van der Waals surface area (Å²) in [5, 5.41) is 4.65. The van der Waals surface area contributed by atoms with Gasteiger partial charge >= 0.3 is 0 Å². The van der Waals surface area contributed by atoms with Gasteiger partial charge in [-0.1, -0.05) is 6.92 Å². The van der Waals surface area contributed by atoms with Crippen LogP contribution in [0.1, 0.15) is 18.2 Å². The minimum atomic E-state index is 0.147. The van der Waals surface area contributed by atoms with Gasteiger partial charge in [-0.3, -0.25) is 0 Å². The Labute approximate surface area is 123 Å². The van der Waals surface area contributed by atoms with Crippen LogP contribution in [0.5, 0.6) is 0 Å². The van der Waals surface area contributed by atoms with Crippen molar-refractivity contribution in [2.75, 3.05) is 25.0 Å². The summed E-state index contributed by atoms with van der Waals surface area (Å²) in [5.41, 5.74) is 6.30. The number of rotatable bonds is 3. The summed E-state index contributed by atoms with van der Waals surface area (Å²) >= 11 is 1.70. The first kappa shape index (κ1) is 13.7. The van der Waals surface area contributed by atoms with Crippen LogP contribution in [-0.4, -0.2) is 46.6 Å². The molecule has 0 radical (unpaired) electrons. The third-order valence-electron chi connectivity index (χ3n) is 3.96. The first-order chi connectivity index (χ1) is 9.67. The Balaban J connectivity index is 1.79. The van der Waals surface area contributed by atoms with E-state index < -0.39 is 0 Å². The van der Waals surface area contributed by atoms with E-state index in [0.29, 0.717) is 0 Å². The van der Waals surface area contributed by atoms with Crippen molar-refractivity contribution >= 4 is 27.4 Å². The number of nitrogens with one attached hydrogen (secondary N) is 1. The highest BCUT2D eigenvalue weighted by Crippen LogP contribution is 2.28. The Morgan fingerprint density at radius 1 is 1.50 bits per heavy atom. The Hall–Kier alpha value is -1.24. The van der Waals surface area contributed by atoms with E-state index in [2.05, 4.69) is 40.1 Å². The lowest BCUT2D eigenvalue weighted by Gasteiger charge is -2.36. The minimum Gasteiger partial charge on any atom is -0.365 e. The highest BCUT2D eigenvalue weighted by Gasteiger charge is 2.26. The van der Waals surface area contributed by atoms with Gasteiger partial charge in [-0.2, -0.15) is 0 Å². The number of likely N-dealkylation sites (N-methyl/N-ethyl adjacent to an activating group) is 1. The molecule has 20 heavy (non-hydrogen) atoms. The van der Waals surface area contributed by atoms with Gasteiger partial charge in [0.2, 0.25) is 0 Å². The number of anilines is 1. The average Bonchev–Trinajstić information content (AvgIpc) is 2.82. The molecule has 3 heterocycles. The van der Waals surface area contributed by atoms with Crippen LogP contribution < -0.4 is 11.1 Å². The number of aryl methyl sites for hydroxylation is 1. The summed E-state index contributed by atoms with van der Waals surface area (Å²) in [6.07, 6.45) is 2.69. The highest BCUT2D eigenvalue weighted by molar-refractivity contribution is 7.18. The molecule has 0 spiro atoms. The quantitative estimate of drug-likeness (QED) is 0.903. The molecule has 3 N–H and O–H groups in total.